The van der Waals surface area contributed by atoms with E-state index in [9.17, 15) is 14.0 Å². The monoisotopic (exact) mass is 391 g/mol. The number of aromatic amines is 1. The van der Waals surface area contributed by atoms with Crippen molar-refractivity contribution in [2.75, 3.05) is 17.7 Å². The number of aromatic nitrogens is 3. The fourth-order valence-electron chi connectivity index (χ4n) is 3.18. The summed E-state index contributed by atoms with van der Waals surface area (Å²) in [5.74, 6) is -0.271. The van der Waals surface area contributed by atoms with Gasteiger partial charge in [-0.3, -0.25) is 14.7 Å². The highest BCUT2D eigenvalue weighted by molar-refractivity contribution is 5.92. The van der Waals surface area contributed by atoms with E-state index in [2.05, 4.69) is 15.5 Å². The van der Waals surface area contributed by atoms with E-state index in [1.54, 1.807) is 35.0 Å². The standard InChI is InChI=1S/C21H18FN5O2/c22-10-19(28)24-16-3-1-2-13(8-16)11-27-12-15(5-7-20(27)29)14-4-6-17-18(9-14)25-26-21(17)23/h1-9,12H,10-11H2,(H,24,28)(H3,23,25,26). The largest absolute Gasteiger partial charge is 0.382 e. The van der Waals surface area contributed by atoms with Gasteiger partial charge in [-0.1, -0.05) is 18.2 Å². The van der Waals surface area contributed by atoms with Crippen LogP contribution in [0.3, 0.4) is 0 Å². The first-order chi connectivity index (χ1) is 14.0. The fourth-order valence-corrected chi connectivity index (χ4v) is 3.18. The summed E-state index contributed by atoms with van der Waals surface area (Å²) in [7, 11) is 0. The van der Waals surface area contributed by atoms with Crippen molar-refractivity contribution >= 4 is 28.3 Å². The summed E-state index contributed by atoms with van der Waals surface area (Å²) in [6.45, 7) is -0.774. The first-order valence-corrected chi connectivity index (χ1v) is 8.93. The minimum Gasteiger partial charge on any atom is -0.382 e. The first-order valence-electron chi connectivity index (χ1n) is 8.93. The third-order valence-electron chi connectivity index (χ3n) is 4.59. The number of amides is 1. The minimum atomic E-state index is -1.09. The van der Waals surface area contributed by atoms with Gasteiger partial charge >= 0.3 is 0 Å². The molecule has 0 saturated carbocycles. The summed E-state index contributed by atoms with van der Waals surface area (Å²) in [4.78, 5) is 23.6. The lowest BCUT2D eigenvalue weighted by Crippen LogP contribution is -2.19. The van der Waals surface area contributed by atoms with Crippen molar-refractivity contribution in [3.05, 3.63) is 76.7 Å². The number of nitrogens with two attached hydrogens (primary N) is 1. The molecule has 0 saturated heterocycles. The Kier molecular flexibility index (Phi) is 4.82. The van der Waals surface area contributed by atoms with Crippen LogP contribution < -0.4 is 16.6 Å². The van der Waals surface area contributed by atoms with Crippen LogP contribution >= 0.6 is 0 Å². The van der Waals surface area contributed by atoms with Crippen LogP contribution in [0.1, 0.15) is 5.56 Å². The molecule has 0 atom stereocenters. The molecule has 0 aliphatic heterocycles. The van der Waals surface area contributed by atoms with Crippen LogP contribution in [0.4, 0.5) is 15.9 Å². The molecule has 0 bridgehead atoms. The zero-order valence-corrected chi connectivity index (χ0v) is 15.4. The molecule has 1 amide bonds. The average Bonchev–Trinajstić information content (AvgIpc) is 3.10. The second-order valence-electron chi connectivity index (χ2n) is 6.64. The number of rotatable bonds is 5. The van der Waals surface area contributed by atoms with Crippen LogP contribution in [0.25, 0.3) is 22.0 Å². The van der Waals surface area contributed by atoms with E-state index >= 15 is 0 Å². The fraction of sp³-hybridized carbons (Fsp3) is 0.0952. The Morgan fingerprint density at radius 1 is 1.14 bits per heavy atom. The Bertz CT molecular complexity index is 1260. The van der Waals surface area contributed by atoms with Gasteiger partial charge in [-0.15, -0.1) is 0 Å². The normalized spacial score (nSPS) is 10.9. The molecule has 2 aromatic carbocycles. The van der Waals surface area contributed by atoms with Gasteiger partial charge in [0.1, 0.15) is 0 Å². The summed E-state index contributed by atoms with van der Waals surface area (Å²) in [6, 6.07) is 16.0. The van der Waals surface area contributed by atoms with Crippen LogP contribution in [0.15, 0.2) is 65.6 Å². The van der Waals surface area contributed by atoms with Gasteiger partial charge in [-0.25, -0.2) is 4.39 Å². The molecular formula is C21H18FN5O2. The number of nitrogen functional groups attached to an aromatic ring is 1. The van der Waals surface area contributed by atoms with Crippen molar-refractivity contribution in [3.63, 3.8) is 0 Å². The minimum absolute atomic E-state index is 0.154. The molecule has 2 heterocycles. The zero-order chi connectivity index (χ0) is 20.4. The van der Waals surface area contributed by atoms with E-state index in [4.69, 9.17) is 5.73 Å². The smallest absolute Gasteiger partial charge is 0.255 e. The number of hydrogen-bond donors (Lipinski definition) is 3. The highest BCUT2D eigenvalue weighted by atomic mass is 19.1. The Hall–Kier alpha value is -3.94. The molecule has 0 fully saturated rings. The van der Waals surface area contributed by atoms with Crippen molar-refractivity contribution in [1.29, 1.82) is 0 Å². The van der Waals surface area contributed by atoms with E-state index in [0.29, 0.717) is 18.1 Å². The molecule has 146 valence electrons. The number of nitrogens with one attached hydrogen (secondary N) is 2. The summed E-state index contributed by atoms with van der Waals surface area (Å²) in [6.07, 6.45) is 1.77. The van der Waals surface area contributed by atoms with Gasteiger partial charge in [-0.05, 0) is 47.0 Å². The van der Waals surface area contributed by atoms with Crippen LogP contribution in [0.2, 0.25) is 0 Å². The molecule has 7 nitrogen and oxygen atoms in total. The predicted octanol–water partition coefficient (Wildman–Crippen LogP) is 2.93. The maximum Gasteiger partial charge on any atom is 0.255 e. The number of halogens is 1. The van der Waals surface area contributed by atoms with Gasteiger partial charge < -0.3 is 15.6 Å². The number of alkyl halides is 1. The Labute approximate surface area is 165 Å². The van der Waals surface area contributed by atoms with Gasteiger partial charge in [0.05, 0.1) is 12.1 Å². The molecular weight excluding hydrogens is 373 g/mol. The molecule has 0 spiro atoms. The second-order valence-corrected chi connectivity index (χ2v) is 6.64. The Morgan fingerprint density at radius 2 is 1.97 bits per heavy atom. The van der Waals surface area contributed by atoms with E-state index < -0.39 is 12.6 Å². The Balaban J connectivity index is 1.64. The van der Waals surface area contributed by atoms with Crippen molar-refractivity contribution in [3.8, 4) is 11.1 Å². The molecule has 0 radical (unpaired) electrons. The van der Waals surface area contributed by atoms with Gasteiger partial charge in [0.25, 0.3) is 11.5 Å². The van der Waals surface area contributed by atoms with Gasteiger partial charge in [0.2, 0.25) is 0 Å². The highest BCUT2D eigenvalue weighted by Gasteiger charge is 2.07. The zero-order valence-electron chi connectivity index (χ0n) is 15.4. The molecule has 8 heteroatoms. The SMILES string of the molecule is Nc1n[nH]c2cc(-c3ccc(=O)n(Cc4cccc(NC(=O)CF)c4)c3)ccc12. The van der Waals surface area contributed by atoms with Crippen LogP contribution in [0.5, 0.6) is 0 Å². The van der Waals surface area contributed by atoms with Crippen molar-refractivity contribution < 1.29 is 9.18 Å². The Morgan fingerprint density at radius 3 is 2.79 bits per heavy atom. The summed E-state index contributed by atoms with van der Waals surface area (Å²) in [5.41, 5.74) is 9.54. The van der Waals surface area contributed by atoms with E-state index in [0.717, 1.165) is 27.6 Å². The van der Waals surface area contributed by atoms with Crippen molar-refractivity contribution in [2.24, 2.45) is 0 Å². The van der Waals surface area contributed by atoms with E-state index in [1.807, 2.05) is 24.3 Å². The topological polar surface area (TPSA) is 106 Å². The van der Waals surface area contributed by atoms with E-state index in [-0.39, 0.29) is 5.56 Å². The number of carbonyl (C=O) groups is 1. The number of anilines is 2. The third-order valence-corrected chi connectivity index (χ3v) is 4.59. The molecule has 0 unspecified atom stereocenters. The maximum absolute atomic E-state index is 12.4. The quantitative estimate of drug-likeness (QED) is 0.486. The lowest BCUT2D eigenvalue weighted by Gasteiger charge is -2.10. The average molecular weight is 391 g/mol. The maximum atomic E-state index is 12.4. The summed E-state index contributed by atoms with van der Waals surface area (Å²) in [5, 5.41) is 10.2. The van der Waals surface area contributed by atoms with Crippen molar-refractivity contribution in [1.82, 2.24) is 14.8 Å². The lowest BCUT2D eigenvalue weighted by atomic mass is 10.1. The van der Waals surface area contributed by atoms with Crippen LogP contribution in [-0.2, 0) is 11.3 Å². The van der Waals surface area contributed by atoms with Crippen molar-refractivity contribution in [2.45, 2.75) is 6.54 Å². The number of carbonyl (C=O) groups excluding carboxylic acids is 1. The number of H-pyrrole nitrogens is 1. The highest BCUT2D eigenvalue weighted by Crippen LogP contribution is 2.25. The molecule has 4 rings (SSSR count). The molecule has 29 heavy (non-hydrogen) atoms. The summed E-state index contributed by atoms with van der Waals surface area (Å²) < 4.78 is 14.0. The summed E-state index contributed by atoms with van der Waals surface area (Å²) >= 11 is 0. The van der Waals surface area contributed by atoms with Gasteiger partial charge in [0.15, 0.2) is 12.5 Å². The first kappa shape index (κ1) is 18.4. The number of fused-ring (bicyclic) bond motifs is 1. The molecule has 2 aromatic heterocycles. The number of pyridine rings is 1. The second kappa shape index (κ2) is 7.59. The van der Waals surface area contributed by atoms with Gasteiger partial charge in [0, 0.05) is 23.3 Å². The number of nitrogens with zero attached hydrogens (tertiary/aromatic N) is 2. The number of benzene rings is 2. The molecule has 0 aliphatic carbocycles. The predicted molar refractivity (Wildman–Crippen MR) is 110 cm³/mol. The third kappa shape index (κ3) is 3.86. The number of hydrogen-bond acceptors (Lipinski definition) is 4. The van der Waals surface area contributed by atoms with E-state index in [1.165, 1.54) is 6.07 Å². The van der Waals surface area contributed by atoms with Gasteiger partial charge in [-0.2, -0.15) is 5.10 Å². The molecule has 4 N–H and O–H groups in total. The lowest BCUT2D eigenvalue weighted by molar-refractivity contribution is -0.117. The van der Waals surface area contributed by atoms with Crippen LogP contribution in [-0.4, -0.2) is 27.3 Å². The molecule has 4 aromatic rings. The molecule has 0 aliphatic rings. The van der Waals surface area contributed by atoms with Crippen LogP contribution in [0, 0.1) is 0 Å².